The molecule has 3 rings (SSSR count). The molecule has 4 nitrogen and oxygen atoms in total. The number of rotatable bonds is 5. The van der Waals surface area contributed by atoms with Crippen LogP contribution in [0.1, 0.15) is 5.56 Å². The van der Waals surface area contributed by atoms with Gasteiger partial charge in [0.25, 0.3) is 5.56 Å². The van der Waals surface area contributed by atoms with Crippen LogP contribution in [-0.2, 0) is 13.1 Å². The smallest absolute Gasteiger partial charge is 0.260 e. The molecule has 0 fully saturated rings. The fourth-order valence-electron chi connectivity index (χ4n) is 2.69. The van der Waals surface area contributed by atoms with Crippen molar-refractivity contribution >= 4 is 26.8 Å². The Kier molecular flexibility index (Phi) is 4.87. The fraction of sp³-hybridized carbons (Fsp3) is 0.278. The van der Waals surface area contributed by atoms with Gasteiger partial charge in [-0.1, -0.05) is 6.07 Å². The Morgan fingerprint density at radius 2 is 1.88 bits per heavy atom. The molecule has 0 radical (unpaired) electrons. The van der Waals surface area contributed by atoms with Gasteiger partial charge in [0.05, 0.1) is 15.4 Å². The summed E-state index contributed by atoms with van der Waals surface area (Å²) < 4.78 is 17.5. The van der Waals surface area contributed by atoms with Crippen molar-refractivity contribution in [2.45, 2.75) is 13.1 Å². The van der Waals surface area contributed by atoms with Gasteiger partial charge in [-0.2, -0.15) is 0 Å². The molecule has 2 aromatic heterocycles. The van der Waals surface area contributed by atoms with E-state index in [0.29, 0.717) is 22.9 Å². The van der Waals surface area contributed by atoms with Crippen LogP contribution in [0.2, 0.25) is 0 Å². The molecule has 0 unspecified atom stereocenters. The molecule has 24 heavy (non-hydrogen) atoms. The first-order chi connectivity index (χ1) is 11.5. The van der Waals surface area contributed by atoms with Crippen molar-refractivity contribution in [2.24, 2.45) is 0 Å². The second-order valence-electron chi connectivity index (χ2n) is 6.11. The van der Waals surface area contributed by atoms with Gasteiger partial charge in [0, 0.05) is 32.0 Å². The Hall–Kier alpha value is -1.92. The van der Waals surface area contributed by atoms with E-state index in [9.17, 15) is 9.18 Å². The number of fused-ring (bicyclic) bond motifs is 1. The van der Waals surface area contributed by atoms with E-state index in [4.69, 9.17) is 0 Å². The summed E-state index contributed by atoms with van der Waals surface area (Å²) in [6.07, 6.45) is 3.74. The van der Waals surface area contributed by atoms with E-state index in [1.165, 1.54) is 6.07 Å². The first-order valence-corrected chi connectivity index (χ1v) is 8.52. The highest BCUT2D eigenvalue weighted by atomic mass is 79.9. The van der Waals surface area contributed by atoms with E-state index in [1.807, 2.05) is 48.1 Å². The Bertz CT molecular complexity index is 930. The van der Waals surface area contributed by atoms with Crippen LogP contribution in [0.15, 0.2) is 52.0 Å². The standard InChI is InChI=1S/C18H19BrFN3O/c1-21(2)9-10-22-8-6-17-14(18(22)24)5-7-23(17)12-13-3-4-16(20)15(19)11-13/h3-8,11H,9-10,12H2,1-2H3. The largest absolute Gasteiger partial charge is 0.343 e. The molecule has 2 heterocycles. The number of aromatic nitrogens is 2. The zero-order chi connectivity index (χ0) is 17.3. The second-order valence-corrected chi connectivity index (χ2v) is 6.96. The third kappa shape index (κ3) is 3.44. The molecule has 0 aliphatic rings. The zero-order valence-corrected chi connectivity index (χ0v) is 15.3. The molecule has 1 aromatic carbocycles. The Morgan fingerprint density at radius 3 is 2.58 bits per heavy atom. The van der Waals surface area contributed by atoms with Crippen molar-refractivity contribution in [3.05, 3.63) is 68.9 Å². The molecule has 0 saturated carbocycles. The van der Waals surface area contributed by atoms with E-state index in [1.54, 1.807) is 16.7 Å². The van der Waals surface area contributed by atoms with E-state index < -0.39 is 0 Å². The van der Waals surface area contributed by atoms with Crippen LogP contribution in [0, 0.1) is 5.82 Å². The van der Waals surface area contributed by atoms with Crippen LogP contribution in [0.25, 0.3) is 10.9 Å². The molecule has 0 amide bonds. The minimum Gasteiger partial charge on any atom is -0.343 e. The summed E-state index contributed by atoms with van der Waals surface area (Å²) in [5.41, 5.74) is 1.88. The van der Waals surface area contributed by atoms with Gasteiger partial charge >= 0.3 is 0 Å². The average Bonchev–Trinajstić information content (AvgIpc) is 2.94. The summed E-state index contributed by atoms with van der Waals surface area (Å²) in [5.74, 6) is -0.278. The van der Waals surface area contributed by atoms with Gasteiger partial charge in [0.2, 0.25) is 0 Å². The molecule has 0 bridgehead atoms. The third-order valence-electron chi connectivity index (χ3n) is 4.04. The van der Waals surface area contributed by atoms with E-state index >= 15 is 0 Å². The molecule has 0 aliphatic carbocycles. The van der Waals surface area contributed by atoms with E-state index in [-0.39, 0.29) is 11.4 Å². The Morgan fingerprint density at radius 1 is 1.12 bits per heavy atom. The van der Waals surface area contributed by atoms with Crippen LogP contribution in [0.3, 0.4) is 0 Å². The maximum Gasteiger partial charge on any atom is 0.260 e. The quantitative estimate of drug-likeness (QED) is 0.667. The molecule has 0 N–H and O–H groups in total. The number of hydrogen-bond donors (Lipinski definition) is 0. The van der Waals surface area contributed by atoms with Gasteiger partial charge in [0.1, 0.15) is 5.82 Å². The molecule has 6 heteroatoms. The molecule has 0 aliphatic heterocycles. The third-order valence-corrected chi connectivity index (χ3v) is 4.64. The topological polar surface area (TPSA) is 30.2 Å². The highest BCUT2D eigenvalue weighted by Crippen LogP contribution is 2.19. The lowest BCUT2D eigenvalue weighted by molar-refractivity contribution is 0.381. The average molecular weight is 392 g/mol. The summed E-state index contributed by atoms with van der Waals surface area (Å²) in [6, 6.07) is 8.77. The minimum absolute atomic E-state index is 0.0217. The van der Waals surface area contributed by atoms with Gasteiger partial charge in [0.15, 0.2) is 0 Å². The number of likely N-dealkylation sites (N-methyl/N-ethyl adjacent to an activating group) is 1. The highest BCUT2D eigenvalue weighted by Gasteiger charge is 2.09. The second kappa shape index (κ2) is 6.91. The molecular formula is C18H19BrFN3O. The van der Waals surface area contributed by atoms with Crippen molar-refractivity contribution < 1.29 is 4.39 Å². The summed E-state index contributed by atoms with van der Waals surface area (Å²) >= 11 is 3.21. The van der Waals surface area contributed by atoms with Gasteiger partial charge in [-0.25, -0.2) is 4.39 Å². The number of pyridine rings is 1. The molecule has 3 aromatic rings. The van der Waals surface area contributed by atoms with Crippen molar-refractivity contribution in [1.29, 1.82) is 0 Å². The lowest BCUT2D eigenvalue weighted by atomic mass is 10.2. The SMILES string of the molecule is CN(C)CCn1ccc2c(ccn2Cc2ccc(F)c(Br)c2)c1=O. The maximum atomic E-state index is 13.4. The highest BCUT2D eigenvalue weighted by molar-refractivity contribution is 9.10. The molecular weight excluding hydrogens is 373 g/mol. The van der Waals surface area contributed by atoms with Crippen LogP contribution in [0.4, 0.5) is 4.39 Å². The summed E-state index contributed by atoms with van der Waals surface area (Å²) in [6.45, 7) is 2.07. The van der Waals surface area contributed by atoms with Crippen molar-refractivity contribution in [1.82, 2.24) is 14.0 Å². The number of halogens is 2. The zero-order valence-electron chi connectivity index (χ0n) is 13.7. The lowest BCUT2D eigenvalue weighted by Gasteiger charge is -2.12. The van der Waals surface area contributed by atoms with E-state index in [0.717, 1.165) is 17.6 Å². The molecule has 0 atom stereocenters. The van der Waals surface area contributed by atoms with Crippen LogP contribution in [0.5, 0.6) is 0 Å². The van der Waals surface area contributed by atoms with Crippen molar-refractivity contribution in [2.75, 3.05) is 20.6 Å². The fourth-order valence-corrected chi connectivity index (χ4v) is 3.12. The summed E-state index contributed by atoms with van der Waals surface area (Å²) in [7, 11) is 3.97. The number of benzene rings is 1. The monoisotopic (exact) mass is 391 g/mol. The number of nitrogens with zero attached hydrogens (tertiary/aromatic N) is 3. The van der Waals surface area contributed by atoms with Gasteiger partial charge in [-0.15, -0.1) is 0 Å². The normalized spacial score (nSPS) is 11.5. The van der Waals surface area contributed by atoms with Gasteiger partial charge in [-0.05, 0) is 59.9 Å². The number of hydrogen-bond acceptors (Lipinski definition) is 2. The Balaban J connectivity index is 1.92. The molecule has 0 saturated heterocycles. The van der Waals surface area contributed by atoms with Crippen LogP contribution < -0.4 is 5.56 Å². The van der Waals surface area contributed by atoms with Gasteiger partial charge in [-0.3, -0.25) is 4.79 Å². The summed E-state index contributed by atoms with van der Waals surface area (Å²) in [4.78, 5) is 14.6. The minimum atomic E-state index is -0.278. The van der Waals surface area contributed by atoms with Crippen LogP contribution in [-0.4, -0.2) is 34.7 Å². The van der Waals surface area contributed by atoms with Crippen molar-refractivity contribution in [3.63, 3.8) is 0 Å². The maximum absolute atomic E-state index is 13.4. The first kappa shape index (κ1) is 16.9. The van der Waals surface area contributed by atoms with Crippen molar-refractivity contribution in [3.8, 4) is 0 Å². The van der Waals surface area contributed by atoms with Crippen LogP contribution >= 0.6 is 15.9 Å². The van der Waals surface area contributed by atoms with Gasteiger partial charge < -0.3 is 14.0 Å². The molecule has 126 valence electrons. The Labute approximate surface area is 148 Å². The predicted molar refractivity (Wildman–Crippen MR) is 98.0 cm³/mol. The summed E-state index contributed by atoms with van der Waals surface area (Å²) in [5, 5.41) is 0.706. The predicted octanol–water partition coefficient (Wildman–Crippen LogP) is 3.31. The van der Waals surface area contributed by atoms with E-state index in [2.05, 4.69) is 15.9 Å². The molecule has 0 spiro atoms. The first-order valence-electron chi connectivity index (χ1n) is 7.72. The lowest BCUT2D eigenvalue weighted by Crippen LogP contribution is -2.26.